The van der Waals surface area contributed by atoms with Crippen molar-refractivity contribution in [2.45, 2.75) is 20.8 Å². The molecule has 7 nitrogen and oxygen atoms in total. The molecule has 0 spiro atoms. The molecule has 1 N–H and O–H groups in total. The lowest BCUT2D eigenvalue weighted by Gasteiger charge is -2.12. The van der Waals surface area contributed by atoms with E-state index in [1.54, 1.807) is 18.2 Å². The maximum Gasteiger partial charge on any atom is 0.255 e. The van der Waals surface area contributed by atoms with Crippen molar-refractivity contribution in [3.05, 3.63) is 72.2 Å². The van der Waals surface area contributed by atoms with Gasteiger partial charge in [0.15, 0.2) is 11.5 Å². The minimum atomic E-state index is -0.218. The summed E-state index contributed by atoms with van der Waals surface area (Å²) < 4.78 is 13.1. The average molecular weight is 416 g/mol. The lowest BCUT2D eigenvalue weighted by Crippen LogP contribution is -2.12. The maximum atomic E-state index is 12.7. The van der Waals surface area contributed by atoms with Gasteiger partial charge in [0.2, 0.25) is 5.78 Å². The molecule has 2 aromatic carbocycles. The first kappa shape index (κ1) is 20.4. The summed E-state index contributed by atoms with van der Waals surface area (Å²) in [5.74, 6) is 1.63. The number of carbonyl (C=O) groups is 1. The van der Waals surface area contributed by atoms with Gasteiger partial charge < -0.3 is 14.8 Å². The van der Waals surface area contributed by atoms with Gasteiger partial charge in [0.1, 0.15) is 0 Å². The van der Waals surface area contributed by atoms with E-state index in [0.717, 1.165) is 17.0 Å². The Balaban J connectivity index is 1.50. The van der Waals surface area contributed by atoms with Gasteiger partial charge in [-0.15, -0.1) is 0 Å². The monoisotopic (exact) mass is 416 g/mol. The molecule has 0 bridgehead atoms. The number of nitrogens with one attached hydrogen (secondary N) is 1. The zero-order chi connectivity index (χ0) is 21.8. The first-order valence-corrected chi connectivity index (χ1v) is 10.2. The van der Waals surface area contributed by atoms with E-state index in [9.17, 15) is 4.79 Å². The summed E-state index contributed by atoms with van der Waals surface area (Å²) in [5, 5.41) is 2.92. The molecule has 0 saturated carbocycles. The van der Waals surface area contributed by atoms with Gasteiger partial charge in [-0.2, -0.15) is 0 Å². The van der Waals surface area contributed by atoms with Crippen molar-refractivity contribution in [1.29, 1.82) is 0 Å². The SMILES string of the molecule is CCOc1ccc(C(=O)Nc2ccc(-c3cn4ccc(C)nc4n3)cc2)cc1OCC. The number of fused-ring (bicyclic) bond motifs is 1. The molecule has 0 aliphatic rings. The molecule has 1 amide bonds. The largest absolute Gasteiger partial charge is 0.490 e. The van der Waals surface area contributed by atoms with Gasteiger partial charge in [0, 0.05) is 34.9 Å². The Morgan fingerprint density at radius 1 is 0.968 bits per heavy atom. The summed E-state index contributed by atoms with van der Waals surface area (Å²) in [7, 11) is 0. The molecule has 7 heteroatoms. The molecule has 4 aromatic rings. The Labute approximate surface area is 180 Å². The molecule has 0 aliphatic heterocycles. The average Bonchev–Trinajstić information content (AvgIpc) is 3.19. The molecule has 0 fully saturated rings. The van der Waals surface area contributed by atoms with E-state index in [0.29, 0.717) is 41.7 Å². The molecule has 0 radical (unpaired) electrons. The summed E-state index contributed by atoms with van der Waals surface area (Å²) in [6, 6.07) is 14.7. The third kappa shape index (κ3) is 4.50. The minimum Gasteiger partial charge on any atom is -0.490 e. The summed E-state index contributed by atoms with van der Waals surface area (Å²) in [6.45, 7) is 6.76. The lowest BCUT2D eigenvalue weighted by molar-refractivity contribution is 0.102. The number of anilines is 1. The number of hydrogen-bond acceptors (Lipinski definition) is 5. The van der Waals surface area contributed by atoms with Crippen LogP contribution in [0.5, 0.6) is 11.5 Å². The van der Waals surface area contributed by atoms with Crippen LogP contribution in [0.15, 0.2) is 60.9 Å². The molecular weight excluding hydrogens is 392 g/mol. The van der Waals surface area contributed by atoms with E-state index in [1.165, 1.54) is 0 Å². The fourth-order valence-electron chi connectivity index (χ4n) is 3.22. The number of imidazole rings is 1. The van der Waals surface area contributed by atoms with Gasteiger partial charge in [-0.1, -0.05) is 12.1 Å². The topological polar surface area (TPSA) is 77.8 Å². The molecule has 0 unspecified atom stereocenters. The number of nitrogens with zero attached hydrogens (tertiary/aromatic N) is 3. The standard InChI is InChI=1S/C24H24N4O3/c1-4-30-21-11-8-18(14-22(21)31-5-2)23(29)26-19-9-6-17(7-10-19)20-15-28-13-12-16(3)25-24(28)27-20/h6-15H,4-5H2,1-3H3,(H,26,29). The number of aromatic nitrogens is 3. The zero-order valence-corrected chi connectivity index (χ0v) is 17.8. The van der Waals surface area contributed by atoms with E-state index in [-0.39, 0.29) is 5.91 Å². The van der Waals surface area contributed by atoms with Crippen LogP contribution < -0.4 is 14.8 Å². The highest BCUT2D eigenvalue weighted by atomic mass is 16.5. The van der Waals surface area contributed by atoms with Crippen LogP contribution in [0.3, 0.4) is 0 Å². The number of rotatable bonds is 7. The van der Waals surface area contributed by atoms with Crippen molar-refractivity contribution in [2.75, 3.05) is 18.5 Å². The third-order valence-corrected chi connectivity index (χ3v) is 4.71. The number of amides is 1. The number of benzene rings is 2. The maximum absolute atomic E-state index is 12.7. The molecule has 0 aliphatic carbocycles. The van der Waals surface area contributed by atoms with E-state index >= 15 is 0 Å². The van der Waals surface area contributed by atoms with Crippen LogP contribution in [0.25, 0.3) is 17.0 Å². The minimum absolute atomic E-state index is 0.218. The first-order valence-electron chi connectivity index (χ1n) is 10.2. The Morgan fingerprint density at radius 3 is 2.45 bits per heavy atom. The fourth-order valence-corrected chi connectivity index (χ4v) is 3.22. The van der Waals surface area contributed by atoms with Gasteiger partial charge in [0.05, 0.1) is 18.9 Å². The summed E-state index contributed by atoms with van der Waals surface area (Å²) >= 11 is 0. The first-order chi connectivity index (χ1) is 15.1. The van der Waals surface area contributed by atoms with Crippen LogP contribution in [0, 0.1) is 6.92 Å². The normalized spacial score (nSPS) is 10.8. The second-order valence-corrected chi connectivity index (χ2v) is 6.96. The molecule has 31 heavy (non-hydrogen) atoms. The molecule has 4 rings (SSSR count). The highest BCUT2D eigenvalue weighted by Gasteiger charge is 2.12. The van der Waals surface area contributed by atoms with Crippen LogP contribution in [-0.4, -0.2) is 33.5 Å². The van der Waals surface area contributed by atoms with Gasteiger partial charge in [-0.25, -0.2) is 9.97 Å². The molecule has 2 aromatic heterocycles. The van der Waals surface area contributed by atoms with Crippen LogP contribution in [-0.2, 0) is 0 Å². The Hall–Kier alpha value is -3.87. The smallest absolute Gasteiger partial charge is 0.255 e. The summed E-state index contributed by atoms with van der Waals surface area (Å²) in [6.07, 6.45) is 3.88. The van der Waals surface area contributed by atoms with Crippen LogP contribution in [0.2, 0.25) is 0 Å². The van der Waals surface area contributed by atoms with Gasteiger partial charge in [0.25, 0.3) is 5.91 Å². The van der Waals surface area contributed by atoms with Gasteiger partial charge in [-0.05, 0) is 57.2 Å². The van der Waals surface area contributed by atoms with Crippen molar-refractivity contribution < 1.29 is 14.3 Å². The molecular formula is C24H24N4O3. The van der Waals surface area contributed by atoms with Crippen LogP contribution >= 0.6 is 0 Å². The van der Waals surface area contributed by atoms with E-state index in [2.05, 4.69) is 15.3 Å². The van der Waals surface area contributed by atoms with E-state index in [1.807, 2.05) is 67.9 Å². The van der Waals surface area contributed by atoms with Crippen molar-refractivity contribution in [1.82, 2.24) is 14.4 Å². The van der Waals surface area contributed by atoms with Gasteiger partial charge in [-0.3, -0.25) is 9.20 Å². The van der Waals surface area contributed by atoms with Crippen molar-refractivity contribution in [3.63, 3.8) is 0 Å². The quantitative estimate of drug-likeness (QED) is 0.470. The van der Waals surface area contributed by atoms with Crippen molar-refractivity contribution >= 4 is 17.4 Å². The molecule has 0 saturated heterocycles. The van der Waals surface area contributed by atoms with Crippen LogP contribution in [0.1, 0.15) is 29.9 Å². The molecule has 2 heterocycles. The van der Waals surface area contributed by atoms with Crippen molar-refractivity contribution in [2.24, 2.45) is 0 Å². The molecule has 158 valence electrons. The number of ether oxygens (including phenoxy) is 2. The fraction of sp³-hybridized carbons (Fsp3) is 0.208. The number of hydrogen-bond donors (Lipinski definition) is 1. The number of carbonyl (C=O) groups excluding carboxylic acids is 1. The van der Waals surface area contributed by atoms with Crippen LogP contribution in [0.4, 0.5) is 5.69 Å². The molecule has 0 atom stereocenters. The third-order valence-electron chi connectivity index (χ3n) is 4.71. The van der Waals surface area contributed by atoms with E-state index in [4.69, 9.17) is 9.47 Å². The predicted octanol–water partition coefficient (Wildman–Crippen LogP) is 4.75. The number of aryl methyl sites for hydroxylation is 1. The summed E-state index contributed by atoms with van der Waals surface area (Å²) in [5.41, 5.74) is 3.88. The highest BCUT2D eigenvalue weighted by molar-refractivity contribution is 6.04. The lowest BCUT2D eigenvalue weighted by atomic mass is 10.1. The Morgan fingerprint density at radius 2 is 1.71 bits per heavy atom. The zero-order valence-electron chi connectivity index (χ0n) is 17.8. The Bertz CT molecular complexity index is 1220. The Kier molecular flexibility index (Phi) is 5.84. The van der Waals surface area contributed by atoms with Crippen molar-refractivity contribution in [3.8, 4) is 22.8 Å². The highest BCUT2D eigenvalue weighted by Crippen LogP contribution is 2.29. The second kappa shape index (κ2) is 8.87. The second-order valence-electron chi connectivity index (χ2n) is 6.96. The van der Waals surface area contributed by atoms with E-state index < -0.39 is 0 Å². The van der Waals surface area contributed by atoms with Gasteiger partial charge >= 0.3 is 0 Å². The summed E-state index contributed by atoms with van der Waals surface area (Å²) in [4.78, 5) is 21.7. The predicted molar refractivity (Wildman–Crippen MR) is 120 cm³/mol.